The predicted molar refractivity (Wildman–Crippen MR) is 56.6 cm³/mol. The van der Waals surface area contributed by atoms with Gasteiger partial charge < -0.3 is 0 Å². The van der Waals surface area contributed by atoms with Crippen LogP contribution < -0.4 is 3.71 Å². The Bertz CT molecular complexity index is 249. The Morgan fingerprint density at radius 2 is 2.17 bits per heavy atom. The van der Waals surface area contributed by atoms with Gasteiger partial charge in [-0.05, 0) is 0 Å². The van der Waals surface area contributed by atoms with Crippen LogP contribution in [0.5, 0.6) is 0 Å². The van der Waals surface area contributed by atoms with Gasteiger partial charge in [-0.2, -0.15) is 0 Å². The van der Waals surface area contributed by atoms with Crippen LogP contribution in [0.4, 0.5) is 0 Å². The maximum atomic E-state index is 4.61. The van der Waals surface area contributed by atoms with Crippen LogP contribution in [-0.4, -0.2) is 26.1 Å². The van der Waals surface area contributed by atoms with Crippen LogP contribution in [-0.2, 0) is 6.42 Å². The van der Waals surface area contributed by atoms with E-state index in [2.05, 4.69) is 38.1 Å². The van der Waals surface area contributed by atoms with Crippen molar-refractivity contribution < 1.29 is 0 Å². The fraction of sp³-hybridized carbons (Fsp3) is 0.667. The fourth-order valence-electron chi connectivity index (χ4n) is 0.915. The minimum absolute atomic E-state index is 0.442. The quantitative estimate of drug-likeness (QED) is 0.761. The molecule has 2 radical (unpaired) electrons. The third-order valence-electron chi connectivity index (χ3n) is 1.36. The molecule has 1 nitrogen and oxygen atoms in total. The van der Waals surface area contributed by atoms with Gasteiger partial charge in [-0.25, -0.2) is 0 Å². The Balaban J connectivity index is 2.64. The zero-order valence-electron chi connectivity index (χ0n) is 8.14. The van der Waals surface area contributed by atoms with E-state index in [4.69, 9.17) is 0 Å². The molecule has 0 atom stereocenters. The summed E-state index contributed by atoms with van der Waals surface area (Å²) in [5, 5.41) is 3.56. The van der Waals surface area contributed by atoms with Crippen LogP contribution in [0.3, 0.4) is 0 Å². The molecule has 0 fully saturated rings. The SMILES string of the molecule is CCc1n[c]([Sn][C](C)(C)C)cs1. The monoisotopic (exact) mass is 289 g/mol. The number of aromatic nitrogens is 1. The van der Waals surface area contributed by atoms with Gasteiger partial charge in [0.15, 0.2) is 0 Å². The topological polar surface area (TPSA) is 12.9 Å². The van der Waals surface area contributed by atoms with Gasteiger partial charge in [0.05, 0.1) is 0 Å². The second-order valence-electron chi connectivity index (χ2n) is 3.86. The van der Waals surface area contributed by atoms with E-state index in [0.29, 0.717) is 3.43 Å². The van der Waals surface area contributed by atoms with E-state index in [1.807, 2.05) is 11.3 Å². The molecule has 0 amide bonds. The molecule has 0 spiro atoms. The molecule has 1 aromatic heterocycles. The molecule has 0 aliphatic heterocycles. The molecule has 0 aliphatic carbocycles. The molecule has 0 saturated carbocycles. The van der Waals surface area contributed by atoms with Gasteiger partial charge in [0.1, 0.15) is 0 Å². The number of rotatable bonds is 2. The van der Waals surface area contributed by atoms with Gasteiger partial charge in [-0.3, -0.25) is 0 Å². The first-order valence-electron chi connectivity index (χ1n) is 4.24. The summed E-state index contributed by atoms with van der Waals surface area (Å²) in [4.78, 5) is 4.61. The van der Waals surface area contributed by atoms with Crippen LogP contribution in [0.1, 0.15) is 32.7 Å². The van der Waals surface area contributed by atoms with Crippen molar-refractivity contribution in [1.82, 2.24) is 4.98 Å². The minimum atomic E-state index is -0.442. The van der Waals surface area contributed by atoms with E-state index >= 15 is 0 Å². The Labute approximate surface area is 88.8 Å². The van der Waals surface area contributed by atoms with Crippen molar-refractivity contribution in [1.29, 1.82) is 0 Å². The van der Waals surface area contributed by atoms with E-state index in [1.165, 1.54) is 8.72 Å². The van der Waals surface area contributed by atoms with Gasteiger partial charge in [0.2, 0.25) is 0 Å². The molecule has 1 heterocycles. The number of thiazole rings is 1. The molecule has 0 unspecified atom stereocenters. The first kappa shape index (κ1) is 10.5. The molecule has 0 bridgehead atoms. The summed E-state index contributed by atoms with van der Waals surface area (Å²) >= 11 is 1.38. The number of hydrogen-bond donors (Lipinski definition) is 0. The Morgan fingerprint density at radius 1 is 1.50 bits per heavy atom. The molecular formula is C9H15NSSn. The fourth-order valence-corrected chi connectivity index (χ4v) is 5.57. The van der Waals surface area contributed by atoms with E-state index < -0.39 is 21.1 Å². The van der Waals surface area contributed by atoms with E-state index in [0.717, 1.165) is 6.42 Å². The third kappa shape index (κ3) is 3.44. The third-order valence-corrected chi connectivity index (χ3v) is 6.55. The molecule has 1 aromatic rings. The normalized spacial score (nSPS) is 12.0. The summed E-state index contributed by atoms with van der Waals surface area (Å²) in [5.41, 5.74) is 0. The zero-order chi connectivity index (χ0) is 9.19. The van der Waals surface area contributed by atoms with Crippen molar-refractivity contribution in [3.8, 4) is 0 Å². The summed E-state index contributed by atoms with van der Waals surface area (Å²) in [6, 6.07) is 0. The predicted octanol–water partition coefficient (Wildman–Crippen LogP) is 2.25. The zero-order valence-corrected chi connectivity index (χ0v) is 11.8. The Kier molecular flexibility index (Phi) is 3.58. The molecule has 1 rings (SSSR count). The van der Waals surface area contributed by atoms with E-state index in [1.54, 1.807) is 0 Å². The molecule has 0 aromatic carbocycles. The average Bonchev–Trinajstić information content (AvgIpc) is 2.32. The van der Waals surface area contributed by atoms with Crippen molar-refractivity contribution >= 4 is 36.2 Å². The van der Waals surface area contributed by atoms with Crippen molar-refractivity contribution in [2.45, 2.75) is 37.5 Å². The van der Waals surface area contributed by atoms with E-state index in [-0.39, 0.29) is 0 Å². The van der Waals surface area contributed by atoms with Gasteiger partial charge in [-0.15, -0.1) is 0 Å². The van der Waals surface area contributed by atoms with Crippen LogP contribution in [0.2, 0.25) is 3.43 Å². The average molecular weight is 288 g/mol. The van der Waals surface area contributed by atoms with Crippen molar-refractivity contribution in [3.05, 3.63) is 10.4 Å². The number of aryl methyl sites for hydroxylation is 1. The summed E-state index contributed by atoms with van der Waals surface area (Å²) in [6.07, 6.45) is 1.09. The number of nitrogens with zero attached hydrogens (tertiary/aromatic N) is 1. The second kappa shape index (κ2) is 4.09. The standard InChI is InChI=1S/C5H6NS.C4H9.Sn/c1-2-5-6-3-4-7-5;1-4(2)3;/h4H,2H2,1H3;1-3H3;. The maximum absolute atomic E-state index is 4.61. The van der Waals surface area contributed by atoms with Gasteiger partial charge in [0.25, 0.3) is 0 Å². The summed E-state index contributed by atoms with van der Waals surface area (Å²) in [7, 11) is 0. The Morgan fingerprint density at radius 3 is 2.58 bits per heavy atom. The van der Waals surface area contributed by atoms with Crippen molar-refractivity contribution in [3.63, 3.8) is 0 Å². The molecule has 0 aliphatic rings. The molecule has 12 heavy (non-hydrogen) atoms. The summed E-state index contributed by atoms with van der Waals surface area (Å²) < 4.78 is 1.95. The van der Waals surface area contributed by atoms with Crippen LogP contribution in [0.25, 0.3) is 0 Å². The van der Waals surface area contributed by atoms with Crippen LogP contribution in [0.15, 0.2) is 5.38 Å². The summed E-state index contributed by atoms with van der Waals surface area (Å²) in [5.74, 6) is 0. The van der Waals surface area contributed by atoms with Gasteiger partial charge >= 0.3 is 89.1 Å². The van der Waals surface area contributed by atoms with Crippen LogP contribution in [0, 0.1) is 0 Å². The summed E-state index contributed by atoms with van der Waals surface area (Å²) in [6.45, 7) is 9.14. The van der Waals surface area contributed by atoms with Crippen molar-refractivity contribution in [2.75, 3.05) is 0 Å². The van der Waals surface area contributed by atoms with E-state index in [9.17, 15) is 0 Å². The van der Waals surface area contributed by atoms with Gasteiger partial charge in [0, 0.05) is 0 Å². The first-order chi connectivity index (χ1) is 5.51. The first-order valence-corrected chi connectivity index (χ1v) is 7.97. The molecular weight excluding hydrogens is 273 g/mol. The molecule has 66 valence electrons. The number of hydrogen-bond acceptors (Lipinski definition) is 2. The molecule has 0 saturated heterocycles. The molecule has 0 N–H and O–H groups in total. The second-order valence-corrected chi connectivity index (χ2v) is 11.3. The molecule has 3 heteroatoms. The van der Waals surface area contributed by atoms with Crippen molar-refractivity contribution in [2.24, 2.45) is 0 Å². The van der Waals surface area contributed by atoms with Crippen LogP contribution >= 0.6 is 11.3 Å². The Hall–Kier alpha value is 0.429. The van der Waals surface area contributed by atoms with Gasteiger partial charge in [-0.1, -0.05) is 0 Å².